The molecule has 1 aliphatic rings. The number of benzene rings is 2. The Morgan fingerprint density at radius 1 is 1.04 bits per heavy atom. The third kappa shape index (κ3) is 4.33. The summed E-state index contributed by atoms with van der Waals surface area (Å²) in [6.07, 6.45) is 4.14. The minimum absolute atomic E-state index is 0.327. The minimum atomic E-state index is -0.327. The van der Waals surface area contributed by atoms with Crippen LogP contribution in [0.5, 0.6) is 11.5 Å². The minimum Gasteiger partial charge on any atom is -0.497 e. The van der Waals surface area contributed by atoms with E-state index in [9.17, 15) is 4.79 Å². The van der Waals surface area contributed by atoms with Crippen molar-refractivity contribution in [2.45, 2.75) is 12.8 Å². The Bertz CT molecular complexity index is 759. The average molecular weight is 353 g/mol. The van der Waals surface area contributed by atoms with Crippen LogP contribution in [0.4, 0.5) is 5.69 Å². The van der Waals surface area contributed by atoms with Crippen LogP contribution < -0.4 is 19.8 Å². The maximum atomic E-state index is 12.3. The highest BCUT2D eigenvalue weighted by atomic mass is 16.5. The molecule has 136 valence electrons. The molecule has 2 aromatic carbocycles. The lowest BCUT2D eigenvalue weighted by Gasteiger charge is -2.17. The SMILES string of the molecule is COc1cc(OC)cc(C(=O)N/N=C/c2ccc(N3CCCC3)cc2)c1. The van der Waals surface area contributed by atoms with Gasteiger partial charge < -0.3 is 14.4 Å². The van der Waals surface area contributed by atoms with Gasteiger partial charge in [-0.3, -0.25) is 4.79 Å². The van der Waals surface area contributed by atoms with Crippen molar-refractivity contribution in [2.24, 2.45) is 5.10 Å². The van der Waals surface area contributed by atoms with E-state index >= 15 is 0 Å². The van der Waals surface area contributed by atoms with Gasteiger partial charge in [-0.2, -0.15) is 5.10 Å². The fraction of sp³-hybridized carbons (Fsp3) is 0.300. The monoisotopic (exact) mass is 353 g/mol. The van der Waals surface area contributed by atoms with Crippen molar-refractivity contribution in [2.75, 3.05) is 32.2 Å². The average Bonchev–Trinajstić information content (AvgIpc) is 3.22. The number of hydrazone groups is 1. The first-order valence-corrected chi connectivity index (χ1v) is 8.61. The van der Waals surface area contributed by atoms with Gasteiger partial charge in [-0.15, -0.1) is 0 Å². The van der Waals surface area contributed by atoms with Gasteiger partial charge >= 0.3 is 0 Å². The summed E-state index contributed by atoms with van der Waals surface area (Å²) in [5.74, 6) is 0.777. The molecule has 26 heavy (non-hydrogen) atoms. The van der Waals surface area contributed by atoms with Crippen LogP contribution in [-0.4, -0.2) is 39.4 Å². The smallest absolute Gasteiger partial charge is 0.271 e. The summed E-state index contributed by atoms with van der Waals surface area (Å²) in [4.78, 5) is 14.6. The topological polar surface area (TPSA) is 63.2 Å². The number of methoxy groups -OCH3 is 2. The summed E-state index contributed by atoms with van der Waals surface area (Å²) in [5, 5.41) is 4.04. The summed E-state index contributed by atoms with van der Waals surface area (Å²) in [5.41, 5.74) is 5.10. The Morgan fingerprint density at radius 2 is 1.65 bits per heavy atom. The molecule has 1 amide bonds. The van der Waals surface area contributed by atoms with Crippen molar-refractivity contribution < 1.29 is 14.3 Å². The summed E-state index contributed by atoms with van der Waals surface area (Å²) in [7, 11) is 3.08. The molecule has 0 aromatic heterocycles. The number of anilines is 1. The van der Waals surface area contributed by atoms with Crippen LogP contribution in [0.1, 0.15) is 28.8 Å². The molecule has 0 bridgehead atoms. The molecule has 0 unspecified atom stereocenters. The molecule has 0 atom stereocenters. The van der Waals surface area contributed by atoms with Crippen molar-refractivity contribution in [3.63, 3.8) is 0 Å². The maximum absolute atomic E-state index is 12.3. The number of hydrogen-bond donors (Lipinski definition) is 1. The largest absolute Gasteiger partial charge is 0.497 e. The zero-order chi connectivity index (χ0) is 18.4. The Hall–Kier alpha value is -3.02. The molecule has 0 spiro atoms. The highest BCUT2D eigenvalue weighted by molar-refractivity contribution is 5.95. The molecule has 0 saturated carbocycles. The molecule has 0 aliphatic carbocycles. The number of amides is 1. The van der Waals surface area contributed by atoms with E-state index in [4.69, 9.17) is 9.47 Å². The zero-order valence-electron chi connectivity index (χ0n) is 15.1. The van der Waals surface area contributed by atoms with E-state index < -0.39 is 0 Å². The van der Waals surface area contributed by atoms with Gasteiger partial charge in [0.2, 0.25) is 0 Å². The van der Waals surface area contributed by atoms with Crippen molar-refractivity contribution in [1.29, 1.82) is 0 Å². The first kappa shape index (κ1) is 17.8. The number of nitrogens with zero attached hydrogens (tertiary/aromatic N) is 2. The Morgan fingerprint density at radius 3 is 2.23 bits per heavy atom. The second-order valence-corrected chi connectivity index (χ2v) is 6.09. The van der Waals surface area contributed by atoms with E-state index in [1.807, 2.05) is 12.1 Å². The number of rotatable bonds is 6. The van der Waals surface area contributed by atoms with Crippen molar-refractivity contribution in [1.82, 2.24) is 5.43 Å². The van der Waals surface area contributed by atoms with Gasteiger partial charge in [0, 0.05) is 30.4 Å². The maximum Gasteiger partial charge on any atom is 0.271 e. The van der Waals surface area contributed by atoms with Crippen molar-refractivity contribution >= 4 is 17.8 Å². The Kier molecular flexibility index (Phi) is 5.73. The quantitative estimate of drug-likeness (QED) is 0.640. The summed E-state index contributed by atoms with van der Waals surface area (Å²) < 4.78 is 10.3. The first-order valence-electron chi connectivity index (χ1n) is 8.61. The van der Waals surface area contributed by atoms with Crippen LogP contribution in [0.25, 0.3) is 0 Å². The standard InChI is InChI=1S/C20H23N3O3/c1-25-18-11-16(12-19(13-18)26-2)20(24)22-21-14-15-5-7-17(8-6-15)23-9-3-4-10-23/h5-8,11-14H,3-4,9-10H2,1-2H3,(H,22,24)/b21-14+. The summed E-state index contributed by atoms with van der Waals surface area (Å²) in [6.45, 7) is 2.24. The third-order valence-electron chi connectivity index (χ3n) is 4.36. The van der Waals surface area contributed by atoms with Gasteiger partial charge in [0.15, 0.2) is 0 Å². The number of carbonyl (C=O) groups is 1. The number of nitrogens with one attached hydrogen (secondary N) is 1. The fourth-order valence-electron chi connectivity index (χ4n) is 2.92. The number of hydrogen-bond acceptors (Lipinski definition) is 5. The molecule has 1 saturated heterocycles. The normalized spacial score (nSPS) is 13.8. The summed E-state index contributed by atoms with van der Waals surface area (Å²) >= 11 is 0. The van der Waals surface area contributed by atoms with Crippen LogP contribution in [0.2, 0.25) is 0 Å². The van der Waals surface area contributed by atoms with E-state index in [1.165, 1.54) is 18.5 Å². The van der Waals surface area contributed by atoms with Gasteiger partial charge in [-0.25, -0.2) is 5.43 Å². The molecule has 2 aromatic rings. The van der Waals surface area contributed by atoms with Gasteiger partial charge in [0.05, 0.1) is 20.4 Å². The van der Waals surface area contributed by atoms with Gasteiger partial charge in [0.25, 0.3) is 5.91 Å². The lowest BCUT2D eigenvalue weighted by Crippen LogP contribution is -2.18. The van der Waals surface area contributed by atoms with Gasteiger partial charge in [-0.05, 0) is 42.7 Å². The molecular weight excluding hydrogens is 330 g/mol. The molecular formula is C20H23N3O3. The lowest BCUT2D eigenvalue weighted by molar-refractivity contribution is 0.0954. The van der Waals surface area contributed by atoms with Crippen LogP contribution in [-0.2, 0) is 0 Å². The molecule has 3 rings (SSSR count). The van der Waals surface area contributed by atoms with Crippen molar-refractivity contribution in [3.8, 4) is 11.5 Å². The van der Waals surface area contributed by atoms with Crippen LogP contribution >= 0.6 is 0 Å². The molecule has 1 aliphatic heterocycles. The van der Waals surface area contributed by atoms with Gasteiger partial charge in [0.1, 0.15) is 11.5 Å². The van der Waals surface area contributed by atoms with E-state index in [0.717, 1.165) is 18.7 Å². The molecule has 0 radical (unpaired) electrons. The predicted octanol–water partition coefficient (Wildman–Crippen LogP) is 3.07. The molecule has 1 heterocycles. The first-order chi connectivity index (χ1) is 12.7. The zero-order valence-corrected chi connectivity index (χ0v) is 15.1. The molecule has 1 fully saturated rings. The Balaban J connectivity index is 1.62. The second-order valence-electron chi connectivity index (χ2n) is 6.09. The summed E-state index contributed by atoms with van der Waals surface area (Å²) in [6, 6.07) is 13.1. The molecule has 6 nitrogen and oxygen atoms in total. The van der Waals surface area contributed by atoms with E-state index in [0.29, 0.717) is 17.1 Å². The van der Waals surface area contributed by atoms with E-state index in [-0.39, 0.29) is 5.91 Å². The lowest BCUT2D eigenvalue weighted by atomic mass is 10.2. The highest BCUT2D eigenvalue weighted by Crippen LogP contribution is 2.22. The number of carbonyl (C=O) groups excluding carboxylic acids is 1. The fourth-order valence-corrected chi connectivity index (χ4v) is 2.92. The molecule has 6 heteroatoms. The van der Waals surface area contributed by atoms with Crippen LogP contribution in [0.15, 0.2) is 47.6 Å². The predicted molar refractivity (Wildman–Crippen MR) is 102 cm³/mol. The van der Waals surface area contributed by atoms with Crippen LogP contribution in [0, 0.1) is 0 Å². The van der Waals surface area contributed by atoms with E-state index in [2.05, 4.69) is 27.6 Å². The van der Waals surface area contributed by atoms with E-state index in [1.54, 1.807) is 38.6 Å². The van der Waals surface area contributed by atoms with Gasteiger partial charge in [-0.1, -0.05) is 12.1 Å². The number of ether oxygens (including phenoxy) is 2. The molecule has 1 N–H and O–H groups in total. The third-order valence-corrected chi connectivity index (χ3v) is 4.36. The second kappa shape index (κ2) is 8.38. The van der Waals surface area contributed by atoms with Crippen molar-refractivity contribution in [3.05, 3.63) is 53.6 Å². The highest BCUT2D eigenvalue weighted by Gasteiger charge is 2.11. The Labute approximate surface area is 153 Å². The van der Waals surface area contributed by atoms with Crippen LogP contribution in [0.3, 0.4) is 0 Å².